The maximum absolute atomic E-state index is 9.06. The molecule has 0 unspecified atom stereocenters. The van der Waals surface area contributed by atoms with E-state index >= 15 is 0 Å². The third-order valence-electron chi connectivity index (χ3n) is 2.83. The lowest BCUT2D eigenvalue weighted by molar-refractivity contribution is 0.300. The Morgan fingerprint density at radius 2 is 2.11 bits per heavy atom. The fourth-order valence-corrected chi connectivity index (χ4v) is 2.22. The molecule has 0 amide bonds. The Labute approximate surface area is 118 Å². The fourth-order valence-electron chi connectivity index (χ4n) is 1.86. The number of rotatable bonds is 7. The Morgan fingerprint density at radius 3 is 2.72 bits per heavy atom. The molecular weight excluding hydrogens is 290 g/mol. The van der Waals surface area contributed by atoms with Crippen LogP contribution in [0.3, 0.4) is 0 Å². The van der Waals surface area contributed by atoms with Crippen LogP contribution in [0.4, 0.5) is 5.69 Å². The molecule has 0 heterocycles. The van der Waals surface area contributed by atoms with Gasteiger partial charge in [0.25, 0.3) is 0 Å². The van der Waals surface area contributed by atoms with Gasteiger partial charge in [-0.1, -0.05) is 29.8 Å². The Kier molecular flexibility index (Phi) is 6.77. The zero-order valence-corrected chi connectivity index (χ0v) is 12.6. The number of likely N-dealkylation sites (N-methyl/N-ethyl adjacent to an activating group) is 1. The van der Waals surface area contributed by atoms with Crippen molar-refractivity contribution >= 4 is 21.6 Å². The van der Waals surface area contributed by atoms with E-state index < -0.39 is 0 Å². The minimum absolute atomic E-state index is 0.683. The maximum atomic E-state index is 9.06. The van der Waals surface area contributed by atoms with Crippen molar-refractivity contribution in [3.05, 3.63) is 28.2 Å². The molecule has 4 heteroatoms. The molecule has 0 bridgehead atoms. The summed E-state index contributed by atoms with van der Waals surface area (Å²) in [6.07, 6.45) is 1.18. The Hall–Kier alpha value is -1.05. The van der Waals surface area contributed by atoms with Crippen LogP contribution in [0.25, 0.3) is 0 Å². The first kappa shape index (κ1) is 15.0. The van der Waals surface area contributed by atoms with Gasteiger partial charge in [-0.2, -0.15) is 5.26 Å². The van der Waals surface area contributed by atoms with Gasteiger partial charge in [-0.15, -0.1) is 0 Å². The van der Waals surface area contributed by atoms with Gasteiger partial charge >= 0.3 is 0 Å². The van der Waals surface area contributed by atoms with Crippen molar-refractivity contribution in [1.29, 1.82) is 5.26 Å². The van der Waals surface area contributed by atoms with Crippen molar-refractivity contribution in [1.82, 2.24) is 4.90 Å². The summed E-state index contributed by atoms with van der Waals surface area (Å²) in [6.45, 7) is 8.44. The second-order valence-electron chi connectivity index (χ2n) is 4.16. The molecule has 1 N–H and O–H groups in total. The standard InChI is InChI=1S/C14H20BrN3/c1-3-8-18(4-2)9-7-17-14-6-5-13(15)10-12(14)11-16/h5-6,10,17H,3-4,7-9H2,1-2H3. The zero-order valence-electron chi connectivity index (χ0n) is 11.0. The third-order valence-corrected chi connectivity index (χ3v) is 3.33. The molecule has 1 rings (SSSR count). The van der Waals surface area contributed by atoms with Crippen molar-refractivity contribution in [2.75, 3.05) is 31.5 Å². The molecule has 0 aromatic heterocycles. The SMILES string of the molecule is CCCN(CC)CCNc1ccc(Br)cc1C#N. The monoisotopic (exact) mass is 309 g/mol. The van der Waals surface area contributed by atoms with E-state index in [-0.39, 0.29) is 0 Å². The summed E-state index contributed by atoms with van der Waals surface area (Å²) < 4.78 is 0.936. The molecule has 0 aliphatic rings. The Balaban J connectivity index is 2.51. The van der Waals surface area contributed by atoms with Gasteiger partial charge in [-0.05, 0) is 37.7 Å². The van der Waals surface area contributed by atoms with E-state index in [1.165, 1.54) is 6.42 Å². The molecular formula is C14H20BrN3. The van der Waals surface area contributed by atoms with Gasteiger partial charge in [0, 0.05) is 17.6 Å². The van der Waals surface area contributed by atoms with Gasteiger partial charge in [-0.25, -0.2) is 0 Å². The van der Waals surface area contributed by atoms with E-state index in [1.807, 2.05) is 18.2 Å². The molecule has 0 atom stereocenters. The minimum atomic E-state index is 0.683. The van der Waals surface area contributed by atoms with Crippen LogP contribution in [0.5, 0.6) is 0 Å². The van der Waals surface area contributed by atoms with E-state index in [4.69, 9.17) is 5.26 Å². The number of nitrogens with one attached hydrogen (secondary N) is 1. The van der Waals surface area contributed by atoms with Crippen LogP contribution in [0.15, 0.2) is 22.7 Å². The van der Waals surface area contributed by atoms with Crippen molar-refractivity contribution in [2.45, 2.75) is 20.3 Å². The molecule has 98 valence electrons. The first-order valence-corrected chi connectivity index (χ1v) is 7.16. The van der Waals surface area contributed by atoms with Gasteiger partial charge in [-0.3, -0.25) is 0 Å². The molecule has 0 aliphatic heterocycles. The molecule has 3 nitrogen and oxygen atoms in total. The third kappa shape index (κ3) is 4.67. The number of nitrogens with zero attached hydrogens (tertiary/aromatic N) is 2. The number of hydrogen-bond acceptors (Lipinski definition) is 3. The first-order valence-electron chi connectivity index (χ1n) is 6.37. The lowest BCUT2D eigenvalue weighted by atomic mass is 10.2. The number of benzene rings is 1. The topological polar surface area (TPSA) is 39.1 Å². The summed E-state index contributed by atoms with van der Waals surface area (Å²) in [6, 6.07) is 7.94. The van der Waals surface area contributed by atoms with Crippen molar-refractivity contribution < 1.29 is 0 Å². The quantitative estimate of drug-likeness (QED) is 0.838. The molecule has 0 radical (unpaired) electrons. The molecule has 0 fully saturated rings. The molecule has 0 aliphatic carbocycles. The molecule has 0 saturated heterocycles. The van der Waals surface area contributed by atoms with Crippen molar-refractivity contribution in [3.63, 3.8) is 0 Å². The minimum Gasteiger partial charge on any atom is -0.383 e. The summed E-state index contributed by atoms with van der Waals surface area (Å²) >= 11 is 3.37. The summed E-state index contributed by atoms with van der Waals surface area (Å²) in [5, 5.41) is 12.4. The van der Waals surface area contributed by atoms with Crippen LogP contribution in [-0.2, 0) is 0 Å². The van der Waals surface area contributed by atoms with E-state index in [9.17, 15) is 0 Å². The van der Waals surface area contributed by atoms with Crippen LogP contribution >= 0.6 is 15.9 Å². The average molecular weight is 310 g/mol. The summed E-state index contributed by atoms with van der Waals surface area (Å²) in [5.74, 6) is 0. The van der Waals surface area contributed by atoms with E-state index in [1.54, 1.807) is 0 Å². The van der Waals surface area contributed by atoms with Crippen LogP contribution in [-0.4, -0.2) is 31.1 Å². The van der Waals surface area contributed by atoms with Gasteiger partial charge in [0.1, 0.15) is 6.07 Å². The van der Waals surface area contributed by atoms with Crippen LogP contribution in [0.1, 0.15) is 25.8 Å². The highest BCUT2D eigenvalue weighted by atomic mass is 79.9. The summed E-state index contributed by atoms with van der Waals surface area (Å²) in [4.78, 5) is 2.40. The van der Waals surface area contributed by atoms with E-state index in [0.717, 1.165) is 36.3 Å². The van der Waals surface area contributed by atoms with Crippen molar-refractivity contribution in [2.24, 2.45) is 0 Å². The number of nitriles is 1. The number of halogens is 1. The van der Waals surface area contributed by atoms with Gasteiger partial charge in [0.05, 0.1) is 11.3 Å². The van der Waals surface area contributed by atoms with E-state index in [2.05, 4.69) is 46.1 Å². The van der Waals surface area contributed by atoms with Crippen LogP contribution in [0.2, 0.25) is 0 Å². The molecule has 1 aromatic carbocycles. The summed E-state index contributed by atoms with van der Waals surface area (Å²) in [5.41, 5.74) is 1.59. The number of hydrogen-bond donors (Lipinski definition) is 1. The van der Waals surface area contributed by atoms with E-state index in [0.29, 0.717) is 5.56 Å². The van der Waals surface area contributed by atoms with Gasteiger partial charge in [0.15, 0.2) is 0 Å². The predicted molar refractivity (Wildman–Crippen MR) is 79.8 cm³/mol. The lowest BCUT2D eigenvalue weighted by Crippen LogP contribution is -2.29. The van der Waals surface area contributed by atoms with Crippen LogP contribution < -0.4 is 5.32 Å². The molecule has 0 spiro atoms. The highest BCUT2D eigenvalue weighted by Gasteiger charge is 2.04. The normalized spacial score (nSPS) is 10.4. The average Bonchev–Trinajstić information content (AvgIpc) is 2.39. The second-order valence-corrected chi connectivity index (χ2v) is 5.08. The molecule has 1 aromatic rings. The van der Waals surface area contributed by atoms with Crippen LogP contribution in [0, 0.1) is 11.3 Å². The van der Waals surface area contributed by atoms with Crippen molar-refractivity contribution in [3.8, 4) is 6.07 Å². The zero-order chi connectivity index (χ0) is 13.4. The summed E-state index contributed by atoms with van der Waals surface area (Å²) in [7, 11) is 0. The fraction of sp³-hybridized carbons (Fsp3) is 0.500. The highest BCUT2D eigenvalue weighted by Crippen LogP contribution is 2.19. The lowest BCUT2D eigenvalue weighted by Gasteiger charge is -2.20. The van der Waals surface area contributed by atoms with Gasteiger partial charge in [0.2, 0.25) is 0 Å². The highest BCUT2D eigenvalue weighted by molar-refractivity contribution is 9.10. The smallest absolute Gasteiger partial charge is 0.101 e. The predicted octanol–water partition coefficient (Wildman–Crippen LogP) is 3.46. The van der Waals surface area contributed by atoms with Gasteiger partial charge < -0.3 is 10.2 Å². The Bertz CT molecular complexity index is 412. The maximum Gasteiger partial charge on any atom is 0.101 e. The second kappa shape index (κ2) is 8.12. The largest absolute Gasteiger partial charge is 0.383 e. The molecule has 18 heavy (non-hydrogen) atoms. The Morgan fingerprint density at radius 1 is 1.33 bits per heavy atom. The molecule has 0 saturated carbocycles. The first-order chi connectivity index (χ1) is 8.71. The number of anilines is 1.